The van der Waals surface area contributed by atoms with Gasteiger partial charge < -0.3 is 9.47 Å². The van der Waals surface area contributed by atoms with E-state index in [4.69, 9.17) is 0 Å². The summed E-state index contributed by atoms with van der Waals surface area (Å²) >= 11 is 1.87. The number of hydrogen-bond acceptors (Lipinski definition) is 2. The molecule has 14 aromatic rings. The Morgan fingerprint density at radius 3 is 1.59 bits per heavy atom. The number of aromatic nitrogens is 1. The maximum atomic E-state index is 2.48. The molecule has 0 N–H and O–H groups in total. The van der Waals surface area contributed by atoms with E-state index < -0.39 is 0 Å². The fourth-order valence-corrected chi connectivity index (χ4v) is 12.6. The predicted molar refractivity (Wildman–Crippen MR) is 295 cm³/mol. The Bertz CT molecular complexity index is 4440. The van der Waals surface area contributed by atoms with Crippen molar-refractivity contribution in [1.82, 2.24) is 4.57 Å². The highest BCUT2D eigenvalue weighted by atomic mass is 32.2. The highest BCUT2D eigenvalue weighted by Gasteiger charge is 2.27. The second kappa shape index (κ2) is 14.9. The highest BCUT2D eigenvalue weighted by molar-refractivity contribution is 7.99. The van der Waals surface area contributed by atoms with Gasteiger partial charge in [-0.15, -0.1) is 0 Å². The van der Waals surface area contributed by atoms with E-state index in [0.29, 0.717) is 0 Å². The van der Waals surface area contributed by atoms with Gasteiger partial charge in [0.15, 0.2) is 0 Å². The predicted octanol–water partition coefficient (Wildman–Crippen LogP) is 19.0. The Hall–Kier alpha value is -8.63. The molecule has 1 aliphatic rings. The molecule has 0 bridgehead atoms. The lowest BCUT2D eigenvalue weighted by Crippen LogP contribution is -2.15. The van der Waals surface area contributed by atoms with Gasteiger partial charge in [0.2, 0.25) is 0 Å². The molecule has 2 nitrogen and oxygen atoms in total. The fourth-order valence-electron chi connectivity index (χ4n) is 11.4. The van der Waals surface area contributed by atoms with Crippen LogP contribution in [-0.2, 0) is 0 Å². The molecule has 0 fully saturated rings. The van der Waals surface area contributed by atoms with Crippen molar-refractivity contribution in [2.75, 3.05) is 4.90 Å². The lowest BCUT2D eigenvalue weighted by atomic mass is 9.94. The summed E-state index contributed by atoms with van der Waals surface area (Å²) in [6, 6.07) is 90.3. The minimum atomic E-state index is 1.14. The van der Waals surface area contributed by atoms with E-state index in [-0.39, 0.29) is 0 Å². The number of fused-ring (bicyclic) bond motifs is 14. The van der Waals surface area contributed by atoms with Crippen molar-refractivity contribution in [2.45, 2.75) is 9.79 Å². The molecule has 0 atom stereocenters. The maximum Gasteiger partial charge on any atom is 0.0608 e. The number of rotatable bonds is 4. The molecule has 0 amide bonds. The summed E-state index contributed by atoms with van der Waals surface area (Å²) < 4.78 is 2.48. The van der Waals surface area contributed by atoms with Gasteiger partial charge in [0.05, 0.1) is 22.4 Å². The molecule has 0 spiro atoms. The van der Waals surface area contributed by atoms with Crippen molar-refractivity contribution in [3.05, 3.63) is 243 Å². The van der Waals surface area contributed by atoms with Crippen LogP contribution in [0, 0.1) is 0 Å². The number of hydrogen-bond donors (Lipinski definition) is 0. The van der Waals surface area contributed by atoms with Crippen LogP contribution in [0.1, 0.15) is 0 Å². The van der Waals surface area contributed by atoms with Crippen LogP contribution >= 0.6 is 11.8 Å². The average molecular weight is 893 g/mol. The molecule has 15 rings (SSSR count). The Kier molecular flexibility index (Phi) is 8.33. The van der Waals surface area contributed by atoms with Gasteiger partial charge in [-0.25, -0.2) is 0 Å². The summed E-state index contributed by atoms with van der Waals surface area (Å²) in [5.74, 6) is 0. The molecule has 320 valence electrons. The molecule has 1 aromatic heterocycles. The van der Waals surface area contributed by atoms with Gasteiger partial charge in [-0.3, -0.25) is 0 Å². The van der Waals surface area contributed by atoms with E-state index in [1.165, 1.54) is 130 Å². The Labute approximate surface area is 402 Å². The monoisotopic (exact) mass is 892 g/mol. The summed E-state index contributed by atoms with van der Waals surface area (Å²) in [6.07, 6.45) is 0. The van der Waals surface area contributed by atoms with Gasteiger partial charge in [-0.2, -0.15) is 0 Å². The van der Waals surface area contributed by atoms with E-state index >= 15 is 0 Å². The summed E-state index contributed by atoms with van der Waals surface area (Å²) in [7, 11) is 0. The van der Waals surface area contributed by atoms with Crippen molar-refractivity contribution in [3.8, 4) is 27.9 Å². The highest BCUT2D eigenvalue weighted by Crippen LogP contribution is 2.54. The van der Waals surface area contributed by atoms with E-state index in [0.717, 1.165) is 11.4 Å². The van der Waals surface area contributed by atoms with Crippen LogP contribution in [-0.4, -0.2) is 4.57 Å². The molecular formula is C66H40N2S. The van der Waals surface area contributed by atoms with Gasteiger partial charge in [0.1, 0.15) is 0 Å². The van der Waals surface area contributed by atoms with Crippen LogP contribution in [0.15, 0.2) is 252 Å². The summed E-state index contributed by atoms with van der Waals surface area (Å²) in [6.45, 7) is 0. The molecular weight excluding hydrogens is 853 g/mol. The first-order valence-electron chi connectivity index (χ1n) is 23.7. The fraction of sp³-hybridized carbons (Fsp3) is 0. The Morgan fingerprint density at radius 1 is 0.261 bits per heavy atom. The number of anilines is 3. The van der Waals surface area contributed by atoms with E-state index in [1.54, 1.807) is 0 Å². The van der Waals surface area contributed by atoms with Crippen molar-refractivity contribution >= 4 is 115 Å². The van der Waals surface area contributed by atoms with Gasteiger partial charge >= 0.3 is 0 Å². The quantitative estimate of drug-likeness (QED) is 0.163. The minimum absolute atomic E-state index is 1.14. The molecule has 1 aliphatic heterocycles. The third-order valence-corrected chi connectivity index (χ3v) is 15.7. The molecule has 0 radical (unpaired) electrons. The largest absolute Gasteiger partial charge is 0.309 e. The molecule has 0 aliphatic carbocycles. The van der Waals surface area contributed by atoms with Gasteiger partial charge in [0, 0.05) is 31.9 Å². The molecule has 0 unspecified atom stereocenters. The van der Waals surface area contributed by atoms with Gasteiger partial charge in [0.25, 0.3) is 0 Å². The summed E-state index contributed by atoms with van der Waals surface area (Å²) in [5.41, 5.74) is 11.9. The van der Waals surface area contributed by atoms with Crippen molar-refractivity contribution in [3.63, 3.8) is 0 Å². The van der Waals surface area contributed by atoms with E-state index in [9.17, 15) is 0 Å². The van der Waals surface area contributed by atoms with Crippen LogP contribution in [0.3, 0.4) is 0 Å². The van der Waals surface area contributed by atoms with Crippen molar-refractivity contribution in [2.24, 2.45) is 0 Å². The zero-order valence-electron chi connectivity index (χ0n) is 37.4. The zero-order chi connectivity index (χ0) is 45.2. The van der Waals surface area contributed by atoms with E-state index in [2.05, 4.69) is 252 Å². The SMILES string of the molecule is c1cc(-c2cccc3ccccc23)cc(N2c3ccc(-c4ccc5c(c4)c4cc6ccccc6cc4n5-c4ccc5c6ccccc6c6ccccc6c5c4)cc3Sc3cc4ccccc4cc32)c1. The maximum absolute atomic E-state index is 2.48. The van der Waals surface area contributed by atoms with Crippen LogP contribution < -0.4 is 4.90 Å². The summed E-state index contributed by atoms with van der Waals surface area (Å²) in [4.78, 5) is 4.95. The molecule has 0 saturated heterocycles. The first kappa shape index (κ1) is 38.5. The topological polar surface area (TPSA) is 8.17 Å². The Balaban J connectivity index is 0.904. The van der Waals surface area contributed by atoms with Crippen LogP contribution in [0.5, 0.6) is 0 Å². The standard InChI is InChI=1S/C66H40N2S/c1-2-15-43-36-63-60(34-42(43)14-1)59-35-46(27-31-61(59)67(63)50-29-30-57-55-24-8-7-22-53(55)54-23-9-10-25-56(54)58(57)40-50)47-28-32-62-65(39-47)69-66-38-45-17-4-3-16-44(45)37-64(66)68(62)49-20-11-19-48(33-49)52-26-12-18-41-13-5-6-21-51(41)52/h1-40H. The zero-order valence-corrected chi connectivity index (χ0v) is 38.2. The van der Waals surface area contributed by atoms with Crippen LogP contribution in [0.2, 0.25) is 0 Å². The molecule has 13 aromatic carbocycles. The third kappa shape index (κ3) is 5.94. The van der Waals surface area contributed by atoms with Gasteiger partial charge in [-0.05, 0) is 160 Å². The van der Waals surface area contributed by atoms with Crippen molar-refractivity contribution < 1.29 is 0 Å². The molecule has 2 heterocycles. The first-order valence-corrected chi connectivity index (χ1v) is 24.5. The van der Waals surface area contributed by atoms with Crippen LogP contribution in [0.25, 0.3) is 114 Å². The first-order chi connectivity index (χ1) is 34.2. The normalized spacial score (nSPS) is 12.6. The van der Waals surface area contributed by atoms with E-state index in [1.807, 2.05) is 11.8 Å². The average Bonchev–Trinajstić information content (AvgIpc) is 3.73. The molecule has 69 heavy (non-hydrogen) atoms. The second-order valence-electron chi connectivity index (χ2n) is 18.5. The van der Waals surface area contributed by atoms with Gasteiger partial charge in [-0.1, -0.05) is 182 Å². The smallest absolute Gasteiger partial charge is 0.0608 e. The third-order valence-electron chi connectivity index (χ3n) is 14.6. The Morgan fingerprint density at radius 2 is 0.826 bits per heavy atom. The minimum Gasteiger partial charge on any atom is -0.309 e. The van der Waals surface area contributed by atoms with Crippen LogP contribution in [0.4, 0.5) is 17.1 Å². The number of nitrogens with zero attached hydrogens (tertiary/aromatic N) is 2. The lowest BCUT2D eigenvalue weighted by Gasteiger charge is -2.34. The van der Waals surface area contributed by atoms with Crippen molar-refractivity contribution in [1.29, 1.82) is 0 Å². The number of benzene rings is 13. The lowest BCUT2D eigenvalue weighted by molar-refractivity contribution is 1.17. The molecule has 0 saturated carbocycles. The summed E-state index contributed by atoms with van der Waals surface area (Å²) in [5, 5.41) is 17.6. The second-order valence-corrected chi connectivity index (χ2v) is 19.6. The molecule has 3 heteroatoms.